The second-order valence-electron chi connectivity index (χ2n) is 6.52. The van der Waals surface area contributed by atoms with E-state index in [1.54, 1.807) is 0 Å². The molecule has 0 unspecified atom stereocenters. The van der Waals surface area contributed by atoms with Crippen molar-refractivity contribution in [3.8, 4) is 0 Å². The van der Waals surface area contributed by atoms with E-state index < -0.39 is 0 Å². The minimum atomic E-state index is 0.827. The van der Waals surface area contributed by atoms with Crippen LogP contribution in [-0.4, -0.2) is 65.8 Å². The van der Waals surface area contributed by atoms with Gasteiger partial charge in [0.25, 0.3) is 0 Å². The van der Waals surface area contributed by atoms with Crippen LogP contribution in [0.15, 0.2) is 24.5 Å². The van der Waals surface area contributed by atoms with E-state index in [1.165, 1.54) is 31.2 Å². The number of aromatic nitrogens is 1. The molecule has 0 spiro atoms. The summed E-state index contributed by atoms with van der Waals surface area (Å²) < 4.78 is 5.43. The first-order chi connectivity index (χ1) is 12.3. The molecule has 0 aromatic carbocycles. The fraction of sp³-hybridized carbons (Fsp3) is 0.684. The van der Waals surface area contributed by atoms with Crippen molar-refractivity contribution in [2.75, 3.05) is 45.9 Å². The summed E-state index contributed by atoms with van der Waals surface area (Å²) in [5.74, 6) is 0. The topological polar surface area (TPSA) is 40.6 Å². The fourth-order valence-electron chi connectivity index (χ4n) is 2.91. The van der Waals surface area contributed by atoms with Crippen molar-refractivity contribution >= 4 is 17.3 Å². The van der Waals surface area contributed by atoms with Gasteiger partial charge in [0.05, 0.1) is 13.2 Å². The SMILES string of the molecule is CCCCCCNC(=S)N(CCN1CCOCC1)Cc1ccncc1. The Morgan fingerprint density at radius 3 is 2.72 bits per heavy atom. The van der Waals surface area contributed by atoms with Gasteiger partial charge in [-0.15, -0.1) is 0 Å². The van der Waals surface area contributed by atoms with E-state index in [-0.39, 0.29) is 0 Å². The Bertz CT molecular complexity index is 480. The van der Waals surface area contributed by atoms with Crippen LogP contribution in [0.1, 0.15) is 38.2 Å². The van der Waals surface area contributed by atoms with Gasteiger partial charge in [0.2, 0.25) is 0 Å². The highest BCUT2D eigenvalue weighted by Crippen LogP contribution is 2.06. The molecule has 0 bridgehead atoms. The maximum absolute atomic E-state index is 5.68. The predicted octanol–water partition coefficient (Wildman–Crippen LogP) is 2.67. The minimum Gasteiger partial charge on any atom is -0.379 e. The lowest BCUT2D eigenvalue weighted by Crippen LogP contribution is -2.45. The molecule has 6 heteroatoms. The Kier molecular flexibility index (Phi) is 9.77. The molecular formula is C19H32N4OS. The Morgan fingerprint density at radius 1 is 1.24 bits per heavy atom. The first kappa shape index (κ1) is 20.1. The van der Waals surface area contributed by atoms with Gasteiger partial charge in [-0.3, -0.25) is 9.88 Å². The highest BCUT2D eigenvalue weighted by molar-refractivity contribution is 7.80. The summed E-state index contributed by atoms with van der Waals surface area (Å²) >= 11 is 5.68. The van der Waals surface area contributed by atoms with E-state index >= 15 is 0 Å². The second-order valence-corrected chi connectivity index (χ2v) is 6.91. The maximum Gasteiger partial charge on any atom is 0.169 e. The Balaban J connectivity index is 1.82. The van der Waals surface area contributed by atoms with Crippen LogP contribution >= 0.6 is 12.2 Å². The van der Waals surface area contributed by atoms with Gasteiger partial charge >= 0.3 is 0 Å². The van der Waals surface area contributed by atoms with Crippen LogP contribution in [0.25, 0.3) is 0 Å². The average Bonchev–Trinajstić information content (AvgIpc) is 2.66. The molecule has 0 radical (unpaired) electrons. The number of ether oxygens (including phenoxy) is 1. The van der Waals surface area contributed by atoms with Gasteiger partial charge in [-0.2, -0.15) is 0 Å². The second kappa shape index (κ2) is 12.2. The van der Waals surface area contributed by atoms with Gasteiger partial charge in [0.1, 0.15) is 0 Å². The van der Waals surface area contributed by atoms with Crippen LogP contribution in [0.5, 0.6) is 0 Å². The molecule has 25 heavy (non-hydrogen) atoms. The summed E-state index contributed by atoms with van der Waals surface area (Å²) in [5, 5.41) is 4.31. The zero-order valence-corrected chi connectivity index (χ0v) is 16.3. The van der Waals surface area contributed by atoms with Crippen molar-refractivity contribution in [2.45, 2.75) is 39.2 Å². The lowest BCUT2D eigenvalue weighted by molar-refractivity contribution is 0.0357. The van der Waals surface area contributed by atoms with E-state index in [4.69, 9.17) is 17.0 Å². The third-order valence-corrected chi connectivity index (χ3v) is 4.91. The van der Waals surface area contributed by atoms with Gasteiger partial charge in [0, 0.05) is 51.7 Å². The number of hydrogen-bond donors (Lipinski definition) is 1. The summed E-state index contributed by atoms with van der Waals surface area (Å²) in [6, 6.07) is 4.12. The van der Waals surface area contributed by atoms with Gasteiger partial charge in [0.15, 0.2) is 5.11 Å². The molecular weight excluding hydrogens is 332 g/mol. The summed E-state index contributed by atoms with van der Waals surface area (Å²) in [7, 11) is 0. The monoisotopic (exact) mass is 364 g/mol. The van der Waals surface area contributed by atoms with Crippen molar-refractivity contribution in [1.82, 2.24) is 20.1 Å². The number of pyridine rings is 1. The van der Waals surface area contributed by atoms with Gasteiger partial charge < -0.3 is 15.0 Å². The van der Waals surface area contributed by atoms with E-state index in [2.05, 4.69) is 39.2 Å². The van der Waals surface area contributed by atoms with Gasteiger partial charge in [-0.25, -0.2) is 0 Å². The number of nitrogens with one attached hydrogen (secondary N) is 1. The van der Waals surface area contributed by atoms with Crippen molar-refractivity contribution in [3.63, 3.8) is 0 Å². The molecule has 1 aliphatic rings. The fourth-order valence-corrected chi connectivity index (χ4v) is 3.16. The Labute approximate surface area is 157 Å². The maximum atomic E-state index is 5.68. The van der Waals surface area contributed by atoms with Crippen LogP contribution in [0.3, 0.4) is 0 Å². The molecule has 1 fully saturated rings. The minimum absolute atomic E-state index is 0.827. The zero-order valence-electron chi connectivity index (χ0n) is 15.5. The smallest absolute Gasteiger partial charge is 0.169 e. The normalized spacial score (nSPS) is 15.1. The van der Waals surface area contributed by atoms with Crippen LogP contribution < -0.4 is 5.32 Å². The van der Waals surface area contributed by atoms with Crippen LogP contribution in [0.2, 0.25) is 0 Å². The van der Waals surface area contributed by atoms with Gasteiger partial charge in [-0.1, -0.05) is 26.2 Å². The lowest BCUT2D eigenvalue weighted by Gasteiger charge is -2.31. The molecule has 1 saturated heterocycles. The number of thiocarbonyl (C=S) groups is 1. The molecule has 1 N–H and O–H groups in total. The summed E-state index contributed by atoms with van der Waals surface area (Å²) in [6.07, 6.45) is 8.70. The standard InChI is InChI=1S/C19H32N4OS/c1-2-3-4-5-8-21-19(25)23(17-18-6-9-20-10-7-18)12-11-22-13-15-24-16-14-22/h6-7,9-10H,2-5,8,11-17H2,1H3,(H,21,25). The van der Waals surface area contributed by atoms with Crippen molar-refractivity contribution < 1.29 is 4.74 Å². The Hall–Kier alpha value is -1.24. The molecule has 2 heterocycles. The molecule has 1 aromatic rings. The molecule has 5 nitrogen and oxygen atoms in total. The lowest BCUT2D eigenvalue weighted by atomic mass is 10.2. The summed E-state index contributed by atoms with van der Waals surface area (Å²) in [5.41, 5.74) is 1.24. The summed E-state index contributed by atoms with van der Waals surface area (Å²) in [4.78, 5) is 8.83. The van der Waals surface area contributed by atoms with E-state index in [0.29, 0.717) is 0 Å². The van der Waals surface area contributed by atoms with E-state index in [1.807, 2.05) is 12.4 Å². The van der Waals surface area contributed by atoms with Gasteiger partial charge in [-0.05, 0) is 36.3 Å². The first-order valence-corrected chi connectivity index (χ1v) is 9.92. The number of unbranched alkanes of at least 4 members (excludes halogenated alkanes) is 3. The zero-order chi connectivity index (χ0) is 17.7. The third-order valence-electron chi connectivity index (χ3n) is 4.51. The summed E-state index contributed by atoms with van der Waals surface area (Å²) in [6.45, 7) is 9.68. The van der Waals surface area contributed by atoms with Crippen LogP contribution in [0.4, 0.5) is 0 Å². The number of rotatable bonds is 10. The molecule has 1 aliphatic heterocycles. The van der Waals surface area contributed by atoms with Crippen LogP contribution in [0, 0.1) is 0 Å². The highest BCUT2D eigenvalue weighted by Gasteiger charge is 2.14. The molecule has 140 valence electrons. The third kappa shape index (κ3) is 8.12. The highest BCUT2D eigenvalue weighted by atomic mass is 32.1. The molecule has 0 saturated carbocycles. The van der Waals surface area contributed by atoms with E-state index in [0.717, 1.165) is 57.6 Å². The molecule has 2 rings (SSSR count). The van der Waals surface area contributed by atoms with Crippen molar-refractivity contribution in [2.24, 2.45) is 0 Å². The van der Waals surface area contributed by atoms with Crippen LogP contribution in [-0.2, 0) is 11.3 Å². The largest absolute Gasteiger partial charge is 0.379 e. The van der Waals surface area contributed by atoms with E-state index in [9.17, 15) is 0 Å². The molecule has 0 aliphatic carbocycles. The van der Waals surface area contributed by atoms with Crippen molar-refractivity contribution in [3.05, 3.63) is 30.1 Å². The molecule has 1 aromatic heterocycles. The predicted molar refractivity (Wildman–Crippen MR) is 107 cm³/mol. The van der Waals surface area contributed by atoms with Crippen molar-refractivity contribution in [1.29, 1.82) is 0 Å². The average molecular weight is 365 g/mol. The first-order valence-electron chi connectivity index (χ1n) is 9.51. The molecule has 0 amide bonds. The number of morpholine rings is 1. The number of nitrogens with zero attached hydrogens (tertiary/aromatic N) is 3. The number of hydrogen-bond acceptors (Lipinski definition) is 4. The Morgan fingerprint density at radius 2 is 2.00 bits per heavy atom. The quantitative estimate of drug-likeness (QED) is 0.508. The molecule has 0 atom stereocenters.